The second-order valence-electron chi connectivity index (χ2n) is 7.55. The van der Waals surface area contributed by atoms with Gasteiger partial charge in [0.05, 0.1) is 0 Å². The first-order valence-corrected chi connectivity index (χ1v) is 9.39. The molecule has 1 heterocycles. The predicted octanol–water partition coefficient (Wildman–Crippen LogP) is 5.72. The standard InChI is InChI=1S/C21H24BrNO2/c1-14-18(6-5-7-19(14)22)16-8-9-17-13-23(11-10-15(17)12-16)20(24)25-21(2,3)4/h5-9,12H,10-11,13H2,1-4H3. The minimum absolute atomic E-state index is 0.231. The zero-order valence-corrected chi connectivity index (χ0v) is 16.8. The molecule has 2 aromatic rings. The Bertz CT molecular complexity index is 808. The van der Waals surface area contributed by atoms with E-state index in [1.807, 2.05) is 20.8 Å². The van der Waals surface area contributed by atoms with E-state index in [1.54, 1.807) is 4.90 Å². The van der Waals surface area contributed by atoms with E-state index < -0.39 is 5.60 Å². The number of benzene rings is 2. The summed E-state index contributed by atoms with van der Waals surface area (Å²) in [6.45, 7) is 9.13. The van der Waals surface area contributed by atoms with Crippen molar-refractivity contribution in [2.45, 2.75) is 46.3 Å². The molecule has 3 rings (SSSR count). The van der Waals surface area contributed by atoms with Crippen LogP contribution in [0.1, 0.15) is 37.5 Å². The van der Waals surface area contributed by atoms with Gasteiger partial charge < -0.3 is 9.64 Å². The molecular weight excluding hydrogens is 378 g/mol. The monoisotopic (exact) mass is 401 g/mol. The third-order valence-electron chi connectivity index (χ3n) is 4.45. The molecule has 1 aliphatic heterocycles. The third kappa shape index (κ3) is 4.06. The summed E-state index contributed by atoms with van der Waals surface area (Å²) < 4.78 is 6.62. The molecule has 0 spiro atoms. The average Bonchev–Trinajstić information content (AvgIpc) is 2.55. The zero-order chi connectivity index (χ0) is 18.2. The normalized spacial score (nSPS) is 14.2. The molecular formula is C21H24BrNO2. The first-order chi connectivity index (χ1) is 11.7. The van der Waals surface area contributed by atoms with Gasteiger partial charge in [0.25, 0.3) is 0 Å². The van der Waals surface area contributed by atoms with Crippen LogP contribution in [0, 0.1) is 6.92 Å². The van der Waals surface area contributed by atoms with Gasteiger partial charge in [-0.3, -0.25) is 0 Å². The molecule has 0 atom stereocenters. The second-order valence-corrected chi connectivity index (χ2v) is 8.40. The minimum atomic E-state index is -0.459. The van der Waals surface area contributed by atoms with E-state index in [-0.39, 0.29) is 6.09 Å². The summed E-state index contributed by atoms with van der Waals surface area (Å²) in [5.41, 5.74) is 5.77. The van der Waals surface area contributed by atoms with E-state index in [2.05, 4.69) is 59.3 Å². The summed E-state index contributed by atoms with van der Waals surface area (Å²) >= 11 is 3.61. The van der Waals surface area contributed by atoms with E-state index >= 15 is 0 Å². The number of carbonyl (C=O) groups is 1. The summed E-state index contributed by atoms with van der Waals surface area (Å²) in [4.78, 5) is 14.1. The first-order valence-electron chi connectivity index (χ1n) is 8.60. The highest BCUT2D eigenvalue weighted by molar-refractivity contribution is 9.10. The van der Waals surface area contributed by atoms with Crippen LogP contribution in [-0.2, 0) is 17.7 Å². The number of rotatable bonds is 1. The number of fused-ring (bicyclic) bond motifs is 1. The van der Waals surface area contributed by atoms with Gasteiger partial charge in [0.1, 0.15) is 5.60 Å². The van der Waals surface area contributed by atoms with Crippen LogP contribution in [0.3, 0.4) is 0 Å². The molecule has 3 nitrogen and oxygen atoms in total. The lowest BCUT2D eigenvalue weighted by atomic mass is 9.93. The number of amides is 1. The first kappa shape index (κ1) is 18.0. The molecule has 2 aromatic carbocycles. The van der Waals surface area contributed by atoms with Crippen molar-refractivity contribution >= 4 is 22.0 Å². The number of hydrogen-bond acceptors (Lipinski definition) is 2. The number of ether oxygens (including phenoxy) is 1. The molecule has 1 amide bonds. The van der Waals surface area contributed by atoms with Crippen molar-refractivity contribution in [2.75, 3.05) is 6.54 Å². The fourth-order valence-corrected chi connectivity index (χ4v) is 3.49. The Labute approximate surface area is 158 Å². The van der Waals surface area contributed by atoms with Gasteiger partial charge in [0.2, 0.25) is 0 Å². The summed E-state index contributed by atoms with van der Waals surface area (Å²) in [5, 5.41) is 0. The molecule has 0 aromatic heterocycles. The lowest BCUT2D eigenvalue weighted by Crippen LogP contribution is -2.39. The van der Waals surface area contributed by atoms with E-state index in [0.717, 1.165) is 10.9 Å². The summed E-state index contributed by atoms with van der Waals surface area (Å²) in [6, 6.07) is 12.8. The van der Waals surface area contributed by atoms with Gasteiger partial charge >= 0.3 is 6.09 Å². The largest absolute Gasteiger partial charge is 0.444 e. The van der Waals surface area contributed by atoms with Gasteiger partial charge in [0.15, 0.2) is 0 Å². The Morgan fingerprint density at radius 2 is 1.92 bits per heavy atom. The van der Waals surface area contributed by atoms with E-state index in [4.69, 9.17) is 4.74 Å². The van der Waals surface area contributed by atoms with Crippen LogP contribution in [0.2, 0.25) is 0 Å². The molecule has 0 saturated heterocycles. The third-order valence-corrected chi connectivity index (χ3v) is 5.31. The molecule has 0 saturated carbocycles. The SMILES string of the molecule is Cc1c(Br)cccc1-c1ccc2c(c1)CCN(C(=O)OC(C)(C)C)C2. The fourth-order valence-electron chi connectivity index (χ4n) is 3.12. The van der Waals surface area contributed by atoms with Crippen molar-refractivity contribution in [1.29, 1.82) is 0 Å². The molecule has 132 valence electrons. The molecule has 25 heavy (non-hydrogen) atoms. The second kappa shape index (κ2) is 6.83. The molecule has 0 fully saturated rings. The summed E-state index contributed by atoms with van der Waals surface area (Å²) in [5.74, 6) is 0. The van der Waals surface area contributed by atoms with Crippen LogP contribution in [0.5, 0.6) is 0 Å². The highest BCUT2D eigenvalue weighted by Gasteiger charge is 2.25. The highest BCUT2D eigenvalue weighted by atomic mass is 79.9. The van der Waals surface area contributed by atoms with Gasteiger partial charge in [-0.1, -0.05) is 46.3 Å². The van der Waals surface area contributed by atoms with Gasteiger partial charge in [-0.25, -0.2) is 4.79 Å². The summed E-state index contributed by atoms with van der Waals surface area (Å²) in [7, 11) is 0. The van der Waals surface area contributed by atoms with Crippen LogP contribution in [0.15, 0.2) is 40.9 Å². The van der Waals surface area contributed by atoms with Crippen LogP contribution >= 0.6 is 15.9 Å². The zero-order valence-electron chi connectivity index (χ0n) is 15.2. The lowest BCUT2D eigenvalue weighted by Gasteiger charge is -2.31. The highest BCUT2D eigenvalue weighted by Crippen LogP contribution is 2.31. The van der Waals surface area contributed by atoms with Crippen LogP contribution in [0.25, 0.3) is 11.1 Å². The van der Waals surface area contributed by atoms with E-state index in [0.29, 0.717) is 13.1 Å². The Morgan fingerprint density at radius 3 is 2.64 bits per heavy atom. The van der Waals surface area contributed by atoms with E-state index in [9.17, 15) is 4.79 Å². The maximum atomic E-state index is 12.3. The molecule has 0 bridgehead atoms. The molecule has 0 radical (unpaired) electrons. The van der Waals surface area contributed by atoms with Crippen molar-refractivity contribution < 1.29 is 9.53 Å². The maximum Gasteiger partial charge on any atom is 0.410 e. The fraction of sp³-hybridized carbons (Fsp3) is 0.381. The van der Waals surface area contributed by atoms with Crippen LogP contribution < -0.4 is 0 Å². The quantitative estimate of drug-likeness (QED) is 0.611. The lowest BCUT2D eigenvalue weighted by molar-refractivity contribution is 0.0224. The number of hydrogen-bond donors (Lipinski definition) is 0. The molecule has 0 unspecified atom stereocenters. The van der Waals surface area contributed by atoms with Crippen molar-refractivity contribution in [3.63, 3.8) is 0 Å². The van der Waals surface area contributed by atoms with Crippen LogP contribution in [-0.4, -0.2) is 23.1 Å². The minimum Gasteiger partial charge on any atom is -0.444 e. The Morgan fingerprint density at radius 1 is 1.16 bits per heavy atom. The van der Waals surface area contributed by atoms with Crippen molar-refractivity contribution in [1.82, 2.24) is 4.90 Å². The van der Waals surface area contributed by atoms with E-state index in [1.165, 1.54) is 27.8 Å². The number of nitrogens with zero attached hydrogens (tertiary/aromatic N) is 1. The van der Waals surface area contributed by atoms with Crippen molar-refractivity contribution in [2.24, 2.45) is 0 Å². The van der Waals surface area contributed by atoms with Gasteiger partial charge in [-0.2, -0.15) is 0 Å². The number of halogens is 1. The number of carbonyl (C=O) groups excluding carboxylic acids is 1. The summed E-state index contributed by atoms with van der Waals surface area (Å²) in [6.07, 6.45) is 0.625. The van der Waals surface area contributed by atoms with Crippen molar-refractivity contribution in [3.05, 3.63) is 57.6 Å². The molecule has 1 aliphatic rings. The Kier molecular flexibility index (Phi) is 4.92. The smallest absolute Gasteiger partial charge is 0.410 e. The molecule has 4 heteroatoms. The van der Waals surface area contributed by atoms with Gasteiger partial charge in [0, 0.05) is 17.6 Å². The maximum absolute atomic E-state index is 12.3. The van der Waals surface area contributed by atoms with Crippen LogP contribution in [0.4, 0.5) is 4.79 Å². The predicted molar refractivity (Wildman–Crippen MR) is 105 cm³/mol. The van der Waals surface area contributed by atoms with Gasteiger partial charge in [-0.05, 0) is 68.0 Å². The van der Waals surface area contributed by atoms with Crippen molar-refractivity contribution in [3.8, 4) is 11.1 Å². The molecule has 0 aliphatic carbocycles. The van der Waals surface area contributed by atoms with Gasteiger partial charge in [-0.15, -0.1) is 0 Å². The topological polar surface area (TPSA) is 29.5 Å². The Balaban J connectivity index is 1.82. The Hall–Kier alpha value is -1.81. The molecule has 0 N–H and O–H groups in total. The average molecular weight is 402 g/mol.